The lowest BCUT2D eigenvalue weighted by atomic mass is 9.99. The Morgan fingerprint density at radius 2 is 2.31 bits per heavy atom. The van der Waals surface area contributed by atoms with Gasteiger partial charge in [-0.3, -0.25) is 9.59 Å². The molecule has 0 radical (unpaired) electrons. The zero-order valence-corrected chi connectivity index (χ0v) is 10.1. The Morgan fingerprint density at radius 1 is 1.56 bits per heavy atom. The average Bonchev–Trinajstić information content (AvgIpc) is 2.29. The van der Waals surface area contributed by atoms with Crippen LogP contribution in [0.4, 0.5) is 0 Å². The molecule has 1 aliphatic heterocycles. The second kappa shape index (κ2) is 4.47. The third kappa shape index (κ3) is 1.95. The minimum atomic E-state index is -0.707. The highest BCUT2D eigenvalue weighted by Crippen LogP contribution is 2.34. The molecule has 1 aromatic rings. The summed E-state index contributed by atoms with van der Waals surface area (Å²) < 4.78 is 4.60. The van der Waals surface area contributed by atoms with Crippen molar-refractivity contribution in [2.24, 2.45) is 5.92 Å². The first kappa shape index (κ1) is 11.5. The van der Waals surface area contributed by atoms with Crippen molar-refractivity contribution in [3.8, 4) is 0 Å². The molecule has 1 aliphatic rings. The van der Waals surface area contributed by atoms with Crippen molar-refractivity contribution >= 4 is 35.1 Å². The molecule has 0 bridgehead atoms. The summed E-state index contributed by atoms with van der Waals surface area (Å²) in [5.41, 5.74) is 0.513. The maximum atomic E-state index is 12.0. The molecule has 16 heavy (non-hydrogen) atoms. The molecule has 3 nitrogen and oxygen atoms in total. The minimum absolute atomic E-state index is 0.205. The summed E-state index contributed by atoms with van der Waals surface area (Å²) >= 11 is 7.30. The summed E-state index contributed by atoms with van der Waals surface area (Å²) in [6.07, 6.45) is 0. The summed E-state index contributed by atoms with van der Waals surface area (Å²) in [6, 6.07) is 5.13. The van der Waals surface area contributed by atoms with E-state index in [1.807, 2.05) is 0 Å². The number of hydrogen-bond acceptors (Lipinski definition) is 4. The molecule has 1 aromatic carbocycles. The number of fused-ring (bicyclic) bond motifs is 1. The summed E-state index contributed by atoms with van der Waals surface area (Å²) in [4.78, 5) is 24.2. The maximum absolute atomic E-state index is 12.0. The molecule has 1 heterocycles. The lowest BCUT2D eigenvalue weighted by molar-refractivity contribution is -0.142. The Bertz CT molecular complexity index is 459. The average molecular weight is 257 g/mol. The SMILES string of the molecule is COC(=O)[C@@H]1CSc2ccc(Cl)cc2C1=O. The fraction of sp³-hybridized carbons (Fsp3) is 0.273. The first-order valence-electron chi connectivity index (χ1n) is 4.68. The summed E-state index contributed by atoms with van der Waals surface area (Å²) in [5, 5.41) is 0.498. The Labute approximate surface area is 102 Å². The van der Waals surface area contributed by atoms with Crippen molar-refractivity contribution in [3.63, 3.8) is 0 Å². The van der Waals surface area contributed by atoms with E-state index < -0.39 is 11.9 Å². The molecule has 84 valence electrons. The van der Waals surface area contributed by atoms with Gasteiger partial charge in [-0.1, -0.05) is 11.6 Å². The summed E-state index contributed by atoms with van der Waals surface area (Å²) in [6.45, 7) is 0. The van der Waals surface area contributed by atoms with Gasteiger partial charge in [0.25, 0.3) is 0 Å². The standard InChI is InChI=1S/C11H9ClO3S/c1-15-11(14)8-5-16-9-3-2-6(12)4-7(9)10(8)13/h2-4,8H,5H2,1H3/t8-/m1/s1. The van der Waals surface area contributed by atoms with Crippen molar-refractivity contribution < 1.29 is 14.3 Å². The Balaban J connectivity index is 2.38. The van der Waals surface area contributed by atoms with Gasteiger partial charge in [0.05, 0.1) is 7.11 Å². The van der Waals surface area contributed by atoms with Gasteiger partial charge in [-0.2, -0.15) is 0 Å². The van der Waals surface area contributed by atoms with Gasteiger partial charge in [-0.05, 0) is 18.2 Å². The molecule has 0 N–H and O–H groups in total. The van der Waals surface area contributed by atoms with Gasteiger partial charge in [0, 0.05) is 21.2 Å². The van der Waals surface area contributed by atoms with Gasteiger partial charge in [0.15, 0.2) is 5.78 Å². The van der Waals surface area contributed by atoms with E-state index in [-0.39, 0.29) is 5.78 Å². The lowest BCUT2D eigenvalue weighted by Crippen LogP contribution is -2.30. The highest BCUT2D eigenvalue weighted by Gasteiger charge is 2.34. The van der Waals surface area contributed by atoms with E-state index in [9.17, 15) is 9.59 Å². The number of thioether (sulfide) groups is 1. The summed E-state index contributed by atoms with van der Waals surface area (Å²) in [7, 11) is 1.29. The topological polar surface area (TPSA) is 43.4 Å². The Hall–Kier alpha value is -1.00. The number of carbonyl (C=O) groups is 2. The van der Waals surface area contributed by atoms with Crippen LogP contribution in [0.1, 0.15) is 10.4 Å². The van der Waals surface area contributed by atoms with Crippen LogP contribution in [0.5, 0.6) is 0 Å². The number of methoxy groups -OCH3 is 1. The number of rotatable bonds is 1. The zero-order chi connectivity index (χ0) is 11.7. The number of hydrogen-bond donors (Lipinski definition) is 0. The van der Waals surface area contributed by atoms with Crippen LogP contribution in [0.2, 0.25) is 5.02 Å². The molecule has 0 fully saturated rings. The van der Waals surface area contributed by atoms with Crippen LogP contribution < -0.4 is 0 Å². The number of carbonyl (C=O) groups excluding carboxylic acids is 2. The van der Waals surface area contributed by atoms with Gasteiger partial charge in [0.2, 0.25) is 0 Å². The van der Waals surface area contributed by atoms with Gasteiger partial charge in [-0.25, -0.2) is 0 Å². The molecule has 0 aromatic heterocycles. The van der Waals surface area contributed by atoms with Gasteiger partial charge >= 0.3 is 5.97 Å². The van der Waals surface area contributed by atoms with Crippen LogP contribution in [0.25, 0.3) is 0 Å². The Morgan fingerprint density at radius 3 is 3.00 bits per heavy atom. The van der Waals surface area contributed by atoms with Crippen molar-refractivity contribution in [2.45, 2.75) is 4.90 Å². The van der Waals surface area contributed by atoms with Gasteiger partial charge in [-0.15, -0.1) is 11.8 Å². The molecule has 0 unspecified atom stereocenters. The largest absolute Gasteiger partial charge is 0.468 e. The van der Waals surface area contributed by atoms with Gasteiger partial charge < -0.3 is 4.74 Å². The first-order chi connectivity index (χ1) is 7.63. The normalized spacial score (nSPS) is 19.1. The van der Waals surface area contributed by atoms with Gasteiger partial charge in [0.1, 0.15) is 5.92 Å². The summed E-state index contributed by atoms with van der Waals surface area (Å²) in [5.74, 6) is -0.965. The number of esters is 1. The van der Waals surface area contributed by atoms with Crippen LogP contribution >= 0.6 is 23.4 Å². The minimum Gasteiger partial charge on any atom is -0.468 e. The first-order valence-corrected chi connectivity index (χ1v) is 6.04. The van der Waals surface area contributed by atoms with E-state index in [0.29, 0.717) is 16.3 Å². The fourth-order valence-electron chi connectivity index (χ4n) is 1.57. The third-order valence-corrected chi connectivity index (χ3v) is 3.82. The highest BCUT2D eigenvalue weighted by atomic mass is 35.5. The predicted molar refractivity (Wildman–Crippen MR) is 62.0 cm³/mol. The second-order valence-corrected chi connectivity index (χ2v) is 4.89. The van der Waals surface area contributed by atoms with Crippen LogP contribution in [0, 0.1) is 5.92 Å². The molecule has 1 atom stereocenters. The highest BCUT2D eigenvalue weighted by molar-refractivity contribution is 7.99. The number of halogens is 1. The smallest absolute Gasteiger partial charge is 0.317 e. The van der Waals surface area contributed by atoms with E-state index in [1.54, 1.807) is 18.2 Å². The molecule has 2 rings (SSSR count). The molecular formula is C11H9ClO3S. The maximum Gasteiger partial charge on any atom is 0.317 e. The van der Waals surface area contributed by atoms with E-state index in [1.165, 1.54) is 18.9 Å². The zero-order valence-electron chi connectivity index (χ0n) is 8.53. The van der Waals surface area contributed by atoms with Crippen molar-refractivity contribution in [1.82, 2.24) is 0 Å². The number of ether oxygens (including phenoxy) is 1. The molecule has 0 spiro atoms. The molecule has 0 aliphatic carbocycles. The molecule has 0 saturated heterocycles. The van der Waals surface area contributed by atoms with Crippen LogP contribution in [-0.4, -0.2) is 24.6 Å². The third-order valence-electron chi connectivity index (χ3n) is 2.41. The van der Waals surface area contributed by atoms with E-state index in [0.717, 1.165) is 4.90 Å². The van der Waals surface area contributed by atoms with Crippen molar-refractivity contribution in [3.05, 3.63) is 28.8 Å². The van der Waals surface area contributed by atoms with Crippen LogP contribution in [0.3, 0.4) is 0 Å². The monoisotopic (exact) mass is 256 g/mol. The lowest BCUT2D eigenvalue weighted by Gasteiger charge is -2.20. The molecule has 5 heteroatoms. The molecule has 0 saturated carbocycles. The second-order valence-electron chi connectivity index (χ2n) is 3.39. The number of Topliss-reactive ketones (excluding diaryl/α,β-unsaturated/α-hetero) is 1. The number of ketones is 1. The quantitative estimate of drug-likeness (QED) is 0.572. The van der Waals surface area contributed by atoms with Crippen LogP contribution in [-0.2, 0) is 9.53 Å². The molecule has 0 amide bonds. The van der Waals surface area contributed by atoms with Crippen LogP contribution in [0.15, 0.2) is 23.1 Å². The van der Waals surface area contributed by atoms with E-state index >= 15 is 0 Å². The molecular weight excluding hydrogens is 248 g/mol. The predicted octanol–water partition coefficient (Wildman–Crippen LogP) is 2.42. The Kier molecular flexibility index (Phi) is 3.21. The fourth-order valence-corrected chi connectivity index (χ4v) is 2.86. The van der Waals surface area contributed by atoms with Crippen molar-refractivity contribution in [2.75, 3.05) is 12.9 Å². The van der Waals surface area contributed by atoms with Crippen molar-refractivity contribution in [1.29, 1.82) is 0 Å². The van der Waals surface area contributed by atoms with E-state index in [2.05, 4.69) is 4.74 Å². The van der Waals surface area contributed by atoms with E-state index in [4.69, 9.17) is 11.6 Å². The number of benzene rings is 1.